The molecule has 0 radical (unpaired) electrons. The van der Waals surface area contributed by atoms with E-state index in [1.165, 1.54) is 24.6 Å². The summed E-state index contributed by atoms with van der Waals surface area (Å²) in [5.74, 6) is -0.756. The summed E-state index contributed by atoms with van der Waals surface area (Å²) in [4.78, 5) is 13.8. The lowest BCUT2D eigenvalue weighted by Crippen LogP contribution is -2.38. The first-order valence-electron chi connectivity index (χ1n) is 7.19. The Kier molecular flexibility index (Phi) is 5.52. The van der Waals surface area contributed by atoms with Crippen LogP contribution in [0.5, 0.6) is 0 Å². The van der Waals surface area contributed by atoms with Crippen LogP contribution in [0.25, 0.3) is 0 Å². The van der Waals surface area contributed by atoms with Crippen LogP contribution in [0.4, 0.5) is 15.8 Å². The SMILES string of the molecule is CN(CC(=O)Nc1cc(N)ccc1F)CC1CCCCO1. The second-order valence-electron chi connectivity index (χ2n) is 5.47. The Morgan fingerprint density at radius 1 is 1.52 bits per heavy atom. The lowest BCUT2D eigenvalue weighted by molar-refractivity contribution is -0.117. The number of hydrogen-bond acceptors (Lipinski definition) is 4. The highest BCUT2D eigenvalue weighted by molar-refractivity contribution is 5.92. The lowest BCUT2D eigenvalue weighted by atomic mass is 10.1. The summed E-state index contributed by atoms with van der Waals surface area (Å²) in [5, 5.41) is 2.54. The molecule has 0 spiro atoms. The minimum Gasteiger partial charge on any atom is -0.399 e. The van der Waals surface area contributed by atoms with Crippen LogP contribution in [-0.4, -0.2) is 43.7 Å². The summed E-state index contributed by atoms with van der Waals surface area (Å²) in [5.41, 5.74) is 6.11. The number of likely N-dealkylation sites (N-methyl/N-ethyl adjacent to an activating group) is 1. The Hall–Kier alpha value is -1.66. The van der Waals surface area contributed by atoms with Gasteiger partial charge in [-0.2, -0.15) is 0 Å². The van der Waals surface area contributed by atoms with Gasteiger partial charge >= 0.3 is 0 Å². The highest BCUT2D eigenvalue weighted by Crippen LogP contribution is 2.17. The molecule has 6 heteroatoms. The maximum Gasteiger partial charge on any atom is 0.238 e. The van der Waals surface area contributed by atoms with Gasteiger partial charge in [0, 0.05) is 18.8 Å². The summed E-state index contributed by atoms with van der Waals surface area (Å²) >= 11 is 0. The predicted octanol–water partition coefficient (Wildman–Crippen LogP) is 1.85. The van der Waals surface area contributed by atoms with Crippen molar-refractivity contribution in [2.45, 2.75) is 25.4 Å². The fourth-order valence-corrected chi connectivity index (χ4v) is 2.44. The number of benzene rings is 1. The number of halogens is 1. The molecule has 3 N–H and O–H groups in total. The molecule has 0 bridgehead atoms. The van der Waals surface area contributed by atoms with Gasteiger partial charge in [0.25, 0.3) is 0 Å². The number of nitrogens with two attached hydrogens (primary N) is 1. The maximum atomic E-state index is 13.5. The Bertz CT molecular complexity index is 490. The smallest absolute Gasteiger partial charge is 0.238 e. The van der Waals surface area contributed by atoms with E-state index >= 15 is 0 Å². The highest BCUT2D eigenvalue weighted by atomic mass is 19.1. The molecule has 1 aliphatic heterocycles. The Balaban J connectivity index is 1.81. The second-order valence-corrected chi connectivity index (χ2v) is 5.47. The number of ether oxygens (including phenoxy) is 1. The van der Waals surface area contributed by atoms with E-state index in [4.69, 9.17) is 10.5 Å². The van der Waals surface area contributed by atoms with Gasteiger partial charge in [-0.1, -0.05) is 0 Å². The van der Waals surface area contributed by atoms with E-state index < -0.39 is 5.82 Å². The van der Waals surface area contributed by atoms with Gasteiger partial charge in [-0.05, 0) is 44.5 Å². The zero-order valence-corrected chi connectivity index (χ0v) is 12.3. The van der Waals surface area contributed by atoms with Crippen molar-refractivity contribution in [1.82, 2.24) is 4.90 Å². The topological polar surface area (TPSA) is 67.6 Å². The summed E-state index contributed by atoms with van der Waals surface area (Å²) in [7, 11) is 1.85. The average molecular weight is 295 g/mol. The first kappa shape index (κ1) is 15.7. The van der Waals surface area contributed by atoms with Crippen molar-refractivity contribution in [3.63, 3.8) is 0 Å². The Labute approximate surface area is 124 Å². The van der Waals surface area contributed by atoms with E-state index in [1.807, 2.05) is 11.9 Å². The average Bonchev–Trinajstić information content (AvgIpc) is 2.43. The third kappa shape index (κ3) is 4.99. The van der Waals surface area contributed by atoms with Crippen LogP contribution in [0.3, 0.4) is 0 Å². The number of carbonyl (C=O) groups excluding carboxylic acids is 1. The summed E-state index contributed by atoms with van der Waals surface area (Å²) < 4.78 is 19.2. The molecular formula is C15H22FN3O2. The van der Waals surface area contributed by atoms with Gasteiger partial charge in [0.1, 0.15) is 5.82 Å². The van der Waals surface area contributed by atoms with Crippen LogP contribution >= 0.6 is 0 Å². The molecule has 0 aromatic heterocycles. The normalized spacial score (nSPS) is 18.7. The molecule has 1 amide bonds. The lowest BCUT2D eigenvalue weighted by Gasteiger charge is -2.27. The monoisotopic (exact) mass is 295 g/mol. The summed E-state index contributed by atoms with van der Waals surface area (Å²) in [6, 6.07) is 4.11. The van der Waals surface area contributed by atoms with Crippen molar-refractivity contribution < 1.29 is 13.9 Å². The van der Waals surface area contributed by atoms with Crippen molar-refractivity contribution in [3.05, 3.63) is 24.0 Å². The van der Waals surface area contributed by atoms with Crippen LogP contribution in [0.15, 0.2) is 18.2 Å². The largest absolute Gasteiger partial charge is 0.399 e. The molecule has 1 fully saturated rings. The number of rotatable bonds is 5. The zero-order valence-electron chi connectivity index (χ0n) is 12.3. The number of carbonyl (C=O) groups is 1. The standard InChI is InChI=1S/C15H22FN3O2/c1-19(9-12-4-2-3-7-21-12)10-15(20)18-14-8-11(17)5-6-13(14)16/h5-6,8,12H,2-4,7,9-10,17H2,1H3,(H,18,20). The number of hydrogen-bond donors (Lipinski definition) is 2. The molecule has 1 aliphatic rings. The van der Waals surface area contributed by atoms with Crippen molar-refractivity contribution >= 4 is 17.3 Å². The van der Waals surface area contributed by atoms with Gasteiger partial charge in [0.2, 0.25) is 5.91 Å². The quantitative estimate of drug-likeness (QED) is 0.814. The van der Waals surface area contributed by atoms with Gasteiger partial charge in [0.05, 0.1) is 18.3 Å². The van der Waals surface area contributed by atoms with Gasteiger partial charge in [-0.3, -0.25) is 9.69 Å². The number of nitrogens with zero attached hydrogens (tertiary/aromatic N) is 1. The van der Waals surface area contributed by atoms with Gasteiger partial charge in [-0.25, -0.2) is 4.39 Å². The molecule has 1 heterocycles. The molecule has 1 unspecified atom stereocenters. The molecule has 0 aliphatic carbocycles. The van der Waals surface area contributed by atoms with Crippen molar-refractivity contribution in [2.75, 3.05) is 37.8 Å². The van der Waals surface area contributed by atoms with Gasteiger partial charge < -0.3 is 15.8 Å². The molecule has 1 aromatic carbocycles. The predicted molar refractivity (Wildman–Crippen MR) is 80.5 cm³/mol. The van der Waals surface area contributed by atoms with Crippen LogP contribution in [-0.2, 0) is 9.53 Å². The first-order chi connectivity index (χ1) is 10.0. The summed E-state index contributed by atoms with van der Waals surface area (Å²) in [6.07, 6.45) is 3.48. The number of anilines is 2. The molecule has 1 saturated heterocycles. The van der Waals surface area contributed by atoms with E-state index in [1.54, 1.807) is 0 Å². The van der Waals surface area contributed by atoms with Crippen LogP contribution < -0.4 is 11.1 Å². The second kappa shape index (κ2) is 7.38. The number of nitrogen functional groups attached to an aromatic ring is 1. The molecular weight excluding hydrogens is 273 g/mol. The molecule has 0 saturated carbocycles. The van der Waals surface area contributed by atoms with E-state index in [2.05, 4.69) is 5.32 Å². The fraction of sp³-hybridized carbons (Fsp3) is 0.533. The minimum atomic E-state index is -0.490. The van der Waals surface area contributed by atoms with Crippen LogP contribution in [0.1, 0.15) is 19.3 Å². The third-order valence-corrected chi connectivity index (χ3v) is 3.47. The van der Waals surface area contributed by atoms with Crippen LogP contribution in [0.2, 0.25) is 0 Å². The van der Waals surface area contributed by atoms with E-state index in [-0.39, 0.29) is 24.2 Å². The zero-order chi connectivity index (χ0) is 15.2. The molecule has 1 atom stereocenters. The Morgan fingerprint density at radius 2 is 2.33 bits per heavy atom. The number of nitrogens with one attached hydrogen (secondary N) is 1. The fourth-order valence-electron chi connectivity index (χ4n) is 2.44. The van der Waals surface area contributed by atoms with Crippen molar-refractivity contribution in [3.8, 4) is 0 Å². The van der Waals surface area contributed by atoms with Gasteiger partial charge in [-0.15, -0.1) is 0 Å². The summed E-state index contributed by atoms with van der Waals surface area (Å²) in [6.45, 7) is 1.68. The highest BCUT2D eigenvalue weighted by Gasteiger charge is 2.17. The number of amides is 1. The molecule has 1 aromatic rings. The molecule has 2 rings (SSSR count). The minimum absolute atomic E-state index is 0.113. The molecule has 5 nitrogen and oxygen atoms in total. The first-order valence-corrected chi connectivity index (χ1v) is 7.19. The third-order valence-electron chi connectivity index (χ3n) is 3.47. The van der Waals surface area contributed by atoms with Crippen molar-refractivity contribution in [1.29, 1.82) is 0 Å². The van der Waals surface area contributed by atoms with Gasteiger partial charge in [0.15, 0.2) is 0 Å². The van der Waals surface area contributed by atoms with E-state index in [9.17, 15) is 9.18 Å². The maximum absolute atomic E-state index is 13.5. The van der Waals surface area contributed by atoms with E-state index in [0.717, 1.165) is 19.4 Å². The van der Waals surface area contributed by atoms with Crippen LogP contribution in [0, 0.1) is 5.82 Å². The molecule has 116 valence electrons. The Morgan fingerprint density at radius 3 is 3.05 bits per heavy atom. The van der Waals surface area contributed by atoms with E-state index in [0.29, 0.717) is 12.2 Å². The molecule has 21 heavy (non-hydrogen) atoms. The van der Waals surface area contributed by atoms with Crippen molar-refractivity contribution in [2.24, 2.45) is 0 Å².